The fraction of sp³-hybridized carbons (Fsp3) is 0.167. The van der Waals surface area contributed by atoms with Gasteiger partial charge in [-0.25, -0.2) is 4.57 Å². The zero-order chi connectivity index (χ0) is 11.1. The predicted molar refractivity (Wildman–Crippen MR) is 64.4 cm³/mol. The van der Waals surface area contributed by atoms with Gasteiger partial charge in [-0.1, -0.05) is 39.9 Å². The molecule has 2 heterocycles. The van der Waals surface area contributed by atoms with E-state index >= 15 is 0 Å². The van der Waals surface area contributed by atoms with E-state index in [0.29, 0.717) is 0 Å². The van der Waals surface area contributed by atoms with Gasteiger partial charge in [-0.15, -0.1) is 0 Å². The molecule has 0 spiro atoms. The minimum Gasteiger partial charge on any atom is -0.215 e. The molecule has 0 fully saturated rings. The average Bonchev–Trinajstić information content (AvgIpc) is 2.79. The molecule has 4 heteroatoms. The summed E-state index contributed by atoms with van der Waals surface area (Å²) in [5.41, 5.74) is 2.42. The number of hydrogen-bond donors (Lipinski definition) is 0. The molecule has 0 atom stereocenters. The highest BCUT2D eigenvalue weighted by Gasteiger charge is 2.19. The molecule has 0 radical (unpaired) electrons. The van der Waals surface area contributed by atoms with Gasteiger partial charge < -0.3 is 0 Å². The molecule has 3 aromatic rings. The topological polar surface area (TPSA) is 21.2 Å². The largest absolute Gasteiger partial charge is 0.368 e. The molecule has 0 unspecified atom stereocenters. The molecule has 2 aromatic heterocycles. The minimum atomic E-state index is 1.09. The second kappa shape index (κ2) is 3.42. The highest BCUT2D eigenvalue weighted by molar-refractivity contribution is 7.16. The Kier molecular flexibility index (Phi) is 2.04. The molecule has 0 amide bonds. The molecule has 0 aliphatic rings. The summed E-state index contributed by atoms with van der Waals surface area (Å²) in [7, 11) is 2.08. The van der Waals surface area contributed by atoms with E-state index in [-0.39, 0.29) is 0 Å². The van der Waals surface area contributed by atoms with Crippen LogP contribution < -0.4 is 4.57 Å². The van der Waals surface area contributed by atoms with E-state index in [1.807, 2.05) is 17.5 Å². The van der Waals surface area contributed by atoms with E-state index in [2.05, 4.69) is 47.2 Å². The van der Waals surface area contributed by atoms with Crippen LogP contribution in [0.2, 0.25) is 0 Å². The number of aromatic nitrogens is 3. The van der Waals surface area contributed by atoms with Gasteiger partial charge in [-0.3, -0.25) is 0 Å². The predicted octanol–water partition coefficient (Wildman–Crippen LogP) is 2.20. The number of imidazole rings is 1. The monoisotopic (exact) mass is 230 g/mol. The summed E-state index contributed by atoms with van der Waals surface area (Å²) in [5, 5.41) is 5.52. The smallest absolute Gasteiger partial charge is 0.215 e. The van der Waals surface area contributed by atoms with Crippen molar-refractivity contribution in [3.63, 3.8) is 0 Å². The second-order valence-electron chi connectivity index (χ2n) is 3.79. The lowest BCUT2D eigenvalue weighted by atomic mass is 10.2. The lowest BCUT2D eigenvalue weighted by Gasteiger charge is -1.94. The number of hydrogen-bond acceptors (Lipinski definition) is 2. The Labute approximate surface area is 97.6 Å². The highest BCUT2D eigenvalue weighted by Crippen LogP contribution is 2.19. The Hall–Kier alpha value is -1.68. The lowest BCUT2D eigenvalue weighted by molar-refractivity contribution is -0.631. The number of aryl methyl sites for hydroxylation is 2. The van der Waals surface area contributed by atoms with Gasteiger partial charge in [-0.05, 0) is 18.3 Å². The summed E-state index contributed by atoms with van der Waals surface area (Å²) in [6.07, 6.45) is 2.08. The van der Waals surface area contributed by atoms with E-state index in [4.69, 9.17) is 0 Å². The zero-order valence-electron chi connectivity index (χ0n) is 9.21. The molecule has 0 bridgehead atoms. The molecule has 0 saturated heterocycles. The molecule has 16 heavy (non-hydrogen) atoms. The Morgan fingerprint density at radius 1 is 1.25 bits per heavy atom. The van der Waals surface area contributed by atoms with Crippen LogP contribution >= 0.6 is 11.3 Å². The number of fused-ring (bicyclic) bond motifs is 1. The molecule has 1 aromatic carbocycles. The van der Waals surface area contributed by atoms with Crippen LogP contribution in [0.1, 0.15) is 5.01 Å². The van der Waals surface area contributed by atoms with Crippen LogP contribution in [0.4, 0.5) is 0 Å². The SMILES string of the molecule is Cc1nn2cc(-c3ccccc3)[n+](C)c2s1. The van der Waals surface area contributed by atoms with Crippen molar-refractivity contribution in [3.8, 4) is 11.3 Å². The van der Waals surface area contributed by atoms with E-state index in [0.717, 1.165) is 9.97 Å². The van der Waals surface area contributed by atoms with Crippen molar-refractivity contribution in [1.29, 1.82) is 0 Å². The molecule has 3 nitrogen and oxygen atoms in total. The standard InChI is InChI=1S/C12H12N3S/c1-9-13-15-8-11(14(2)12(15)16-9)10-6-4-3-5-7-10/h3-8H,1-2H3/q+1. The normalized spacial score (nSPS) is 11.1. The molecule has 0 saturated carbocycles. The molecular weight excluding hydrogens is 218 g/mol. The van der Waals surface area contributed by atoms with Gasteiger partial charge in [-0.2, -0.15) is 0 Å². The van der Waals surface area contributed by atoms with E-state index < -0.39 is 0 Å². The van der Waals surface area contributed by atoms with E-state index in [9.17, 15) is 0 Å². The third-order valence-electron chi connectivity index (χ3n) is 2.65. The van der Waals surface area contributed by atoms with Crippen LogP contribution in [0.5, 0.6) is 0 Å². The van der Waals surface area contributed by atoms with Crippen LogP contribution in [-0.2, 0) is 7.05 Å². The Morgan fingerprint density at radius 2 is 2.00 bits per heavy atom. The van der Waals surface area contributed by atoms with Crippen molar-refractivity contribution < 1.29 is 4.57 Å². The van der Waals surface area contributed by atoms with Crippen molar-refractivity contribution >= 4 is 16.3 Å². The molecule has 0 N–H and O–H groups in total. The molecule has 3 rings (SSSR count). The van der Waals surface area contributed by atoms with Crippen molar-refractivity contribution in [2.24, 2.45) is 7.05 Å². The van der Waals surface area contributed by atoms with Crippen LogP contribution in [-0.4, -0.2) is 9.61 Å². The van der Waals surface area contributed by atoms with Crippen molar-refractivity contribution in [3.05, 3.63) is 41.5 Å². The zero-order valence-corrected chi connectivity index (χ0v) is 10.0. The first-order valence-corrected chi connectivity index (χ1v) is 5.97. The molecule has 0 aliphatic heterocycles. The summed E-state index contributed by atoms with van der Waals surface area (Å²) in [6, 6.07) is 10.4. The van der Waals surface area contributed by atoms with Gasteiger partial charge in [0.15, 0.2) is 11.9 Å². The van der Waals surface area contributed by atoms with Gasteiger partial charge in [0, 0.05) is 5.56 Å². The van der Waals surface area contributed by atoms with Gasteiger partial charge in [0.1, 0.15) is 5.01 Å². The maximum Gasteiger partial charge on any atom is 0.368 e. The van der Waals surface area contributed by atoms with Gasteiger partial charge in [0.25, 0.3) is 0 Å². The molecular formula is C12H12N3S+. The van der Waals surface area contributed by atoms with E-state index in [1.165, 1.54) is 11.3 Å². The Balaban J connectivity index is 2.25. The third-order valence-corrected chi connectivity index (χ3v) is 3.67. The highest BCUT2D eigenvalue weighted by atomic mass is 32.1. The summed E-state index contributed by atoms with van der Waals surface area (Å²) in [6.45, 7) is 2.03. The van der Waals surface area contributed by atoms with Crippen molar-refractivity contribution in [2.45, 2.75) is 6.92 Å². The van der Waals surface area contributed by atoms with E-state index in [1.54, 1.807) is 11.3 Å². The third kappa shape index (κ3) is 1.34. The number of nitrogens with zero attached hydrogens (tertiary/aromatic N) is 3. The van der Waals surface area contributed by atoms with Crippen LogP contribution in [0.3, 0.4) is 0 Å². The first-order valence-electron chi connectivity index (χ1n) is 5.16. The van der Waals surface area contributed by atoms with Crippen molar-refractivity contribution in [2.75, 3.05) is 0 Å². The van der Waals surface area contributed by atoms with Crippen LogP contribution in [0.25, 0.3) is 16.2 Å². The average molecular weight is 230 g/mol. The summed E-state index contributed by atoms with van der Waals surface area (Å²) < 4.78 is 4.13. The van der Waals surface area contributed by atoms with Crippen molar-refractivity contribution in [1.82, 2.24) is 9.61 Å². The molecule has 0 aliphatic carbocycles. The van der Waals surface area contributed by atoms with Gasteiger partial charge >= 0.3 is 4.96 Å². The second-order valence-corrected chi connectivity index (χ2v) is 4.95. The summed E-state index contributed by atoms with van der Waals surface area (Å²) >= 11 is 1.71. The van der Waals surface area contributed by atoms with Gasteiger partial charge in [0.2, 0.25) is 0 Å². The fourth-order valence-corrected chi connectivity index (χ4v) is 2.70. The number of rotatable bonds is 1. The summed E-state index contributed by atoms with van der Waals surface area (Å²) in [5.74, 6) is 0. The number of benzene rings is 1. The van der Waals surface area contributed by atoms with Crippen LogP contribution in [0, 0.1) is 6.92 Å². The first-order chi connectivity index (χ1) is 7.75. The maximum absolute atomic E-state index is 4.43. The Bertz CT molecular complexity index is 637. The first kappa shape index (κ1) is 9.54. The lowest BCUT2D eigenvalue weighted by Crippen LogP contribution is -2.28. The van der Waals surface area contributed by atoms with Crippen LogP contribution in [0.15, 0.2) is 36.5 Å². The molecule has 80 valence electrons. The maximum atomic E-state index is 4.43. The minimum absolute atomic E-state index is 1.09. The fourth-order valence-electron chi connectivity index (χ4n) is 1.88. The Morgan fingerprint density at radius 3 is 2.69 bits per heavy atom. The summed E-state index contributed by atoms with van der Waals surface area (Å²) in [4.78, 5) is 1.16. The quantitative estimate of drug-likeness (QED) is 0.587. The van der Waals surface area contributed by atoms with Gasteiger partial charge in [0.05, 0.1) is 7.05 Å².